The van der Waals surface area contributed by atoms with Crippen LogP contribution < -0.4 is 10.9 Å². The maximum atomic E-state index is 12.5. The molecule has 0 saturated carbocycles. The quantitative estimate of drug-likeness (QED) is 0.803. The summed E-state index contributed by atoms with van der Waals surface area (Å²) in [4.78, 5) is 36.2. The molecule has 138 valence electrons. The van der Waals surface area contributed by atoms with Gasteiger partial charge in [-0.25, -0.2) is 9.48 Å². The predicted molar refractivity (Wildman–Crippen MR) is 93.8 cm³/mol. The first-order valence-corrected chi connectivity index (χ1v) is 8.52. The molecule has 1 saturated heterocycles. The number of fused-ring (bicyclic) bond motifs is 1. The molecule has 2 unspecified atom stereocenters. The second-order valence-electron chi connectivity index (χ2n) is 6.46. The summed E-state index contributed by atoms with van der Waals surface area (Å²) >= 11 is 0. The van der Waals surface area contributed by atoms with Gasteiger partial charge in [-0.15, -0.1) is 0 Å². The van der Waals surface area contributed by atoms with E-state index in [4.69, 9.17) is 4.74 Å². The number of amides is 1. The summed E-state index contributed by atoms with van der Waals surface area (Å²) < 4.78 is 6.52. The van der Waals surface area contributed by atoms with Gasteiger partial charge >= 0.3 is 5.97 Å². The number of hydrogen-bond acceptors (Lipinski definition) is 5. The van der Waals surface area contributed by atoms with Crippen LogP contribution in [-0.4, -0.2) is 46.0 Å². The van der Waals surface area contributed by atoms with E-state index in [0.29, 0.717) is 36.1 Å². The minimum Gasteiger partial charge on any atom is -0.480 e. The van der Waals surface area contributed by atoms with Crippen LogP contribution >= 0.6 is 0 Å². The van der Waals surface area contributed by atoms with Crippen LogP contribution in [0.1, 0.15) is 18.5 Å². The van der Waals surface area contributed by atoms with Gasteiger partial charge in [0.15, 0.2) is 0 Å². The first kappa shape index (κ1) is 18.1. The van der Waals surface area contributed by atoms with Gasteiger partial charge < -0.3 is 15.2 Å². The maximum Gasteiger partial charge on any atom is 0.326 e. The van der Waals surface area contributed by atoms with Crippen LogP contribution in [0.5, 0.6) is 0 Å². The maximum absolute atomic E-state index is 12.5. The molecule has 0 bridgehead atoms. The molecule has 2 N–H and O–H groups in total. The Morgan fingerprint density at radius 3 is 2.77 bits per heavy atom. The van der Waals surface area contributed by atoms with Crippen molar-refractivity contribution in [2.75, 3.05) is 13.2 Å². The number of carbonyl (C=O) groups excluding carboxylic acids is 1. The summed E-state index contributed by atoms with van der Waals surface area (Å²) in [6.45, 7) is 0.934. The summed E-state index contributed by atoms with van der Waals surface area (Å²) in [7, 11) is 1.52. The average Bonchev–Trinajstić information content (AvgIpc) is 2.64. The second kappa shape index (κ2) is 7.65. The van der Waals surface area contributed by atoms with Crippen LogP contribution in [0.3, 0.4) is 0 Å². The van der Waals surface area contributed by atoms with Gasteiger partial charge in [0.25, 0.3) is 5.56 Å². The lowest BCUT2D eigenvalue weighted by atomic mass is 9.93. The molecule has 1 aromatic carbocycles. The molecule has 2 aromatic rings. The van der Waals surface area contributed by atoms with E-state index in [9.17, 15) is 19.5 Å². The van der Waals surface area contributed by atoms with Gasteiger partial charge in [0.1, 0.15) is 6.04 Å². The highest BCUT2D eigenvalue weighted by Crippen LogP contribution is 2.18. The zero-order valence-electron chi connectivity index (χ0n) is 14.5. The van der Waals surface area contributed by atoms with Crippen molar-refractivity contribution in [2.45, 2.75) is 25.3 Å². The fourth-order valence-corrected chi connectivity index (χ4v) is 3.29. The van der Waals surface area contributed by atoms with Gasteiger partial charge in [-0.2, -0.15) is 5.10 Å². The lowest BCUT2D eigenvalue weighted by molar-refractivity contribution is -0.145. The summed E-state index contributed by atoms with van der Waals surface area (Å²) in [5, 5.41) is 17.3. The van der Waals surface area contributed by atoms with E-state index >= 15 is 0 Å². The van der Waals surface area contributed by atoms with Crippen LogP contribution in [0.4, 0.5) is 0 Å². The minimum absolute atomic E-state index is 0.105. The van der Waals surface area contributed by atoms with Crippen molar-refractivity contribution in [1.82, 2.24) is 15.1 Å². The fourth-order valence-electron chi connectivity index (χ4n) is 3.29. The van der Waals surface area contributed by atoms with Crippen molar-refractivity contribution in [2.24, 2.45) is 13.0 Å². The van der Waals surface area contributed by atoms with E-state index in [1.165, 1.54) is 11.7 Å². The summed E-state index contributed by atoms with van der Waals surface area (Å²) in [6, 6.07) is 5.93. The molecule has 1 aliphatic heterocycles. The largest absolute Gasteiger partial charge is 0.480 e. The van der Waals surface area contributed by atoms with E-state index in [2.05, 4.69) is 10.4 Å². The fraction of sp³-hybridized carbons (Fsp3) is 0.444. The van der Waals surface area contributed by atoms with Gasteiger partial charge in [-0.05, 0) is 18.9 Å². The third kappa shape index (κ3) is 3.75. The molecular weight excluding hydrogens is 338 g/mol. The number of nitrogens with one attached hydrogen (secondary N) is 1. The van der Waals surface area contributed by atoms with Crippen molar-refractivity contribution >= 4 is 22.6 Å². The third-order valence-corrected chi connectivity index (χ3v) is 4.61. The molecule has 1 fully saturated rings. The van der Waals surface area contributed by atoms with E-state index in [-0.39, 0.29) is 17.9 Å². The molecule has 0 radical (unpaired) electrons. The van der Waals surface area contributed by atoms with Crippen LogP contribution in [0.25, 0.3) is 10.8 Å². The molecule has 2 atom stereocenters. The number of hydrogen-bond donors (Lipinski definition) is 2. The molecule has 2 heterocycles. The zero-order valence-corrected chi connectivity index (χ0v) is 14.5. The first-order chi connectivity index (χ1) is 12.5. The Balaban J connectivity index is 1.81. The molecule has 8 nitrogen and oxygen atoms in total. The number of aliphatic carboxylic acids is 1. The molecule has 0 spiro atoms. The molecule has 1 amide bonds. The molecule has 0 aliphatic carbocycles. The Hall–Kier alpha value is -2.74. The Morgan fingerprint density at radius 2 is 2.12 bits per heavy atom. The molecule has 26 heavy (non-hydrogen) atoms. The second-order valence-corrected chi connectivity index (χ2v) is 6.46. The van der Waals surface area contributed by atoms with Crippen LogP contribution in [-0.2, 0) is 27.8 Å². The highest BCUT2D eigenvalue weighted by Gasteiger charge is 2.31. The van der Waals surface area contributed by atoms with E-state index < -0.39 is 17.9 Å². The standard InChI is InChI=1S/C18H21N3O5/c1-21-17(23)13-7-3-2-6-12(13)14(20-21)9-15(22)19-16(18(24)25)11-5-4-8-26-10-11/h2-3,6-7,11,16H,4-5,8-10H2,1H3,(H,19,22)(H,24,25). The number of aryl methyl sites for hydroxylation is 1. The lowest BCUT2D eigenvalue weighted by Crippen LogP contribution is -2.49. The summed E-state index contributed by atoms with van der Waals surface area (Å²) in [6.07, 6.45) is 1.36. The summed E-state index contributed by atoms with van der Waals surface area (Å²) in [5.41, 5.74) is 0.191. The number of carboxylic acid groups (broad SMARTS) is 1. The lowest BCUT2D eigenvalue weighted by Gasteiger charge is -2.28. The van der Waals surface area contributed by atoms with E-state index in [0.717, 1.165) is 6.42 Å². The highest BCUT2D eigenvalue weighted by atomic mass is 16.5. The number of benzene rings is 1. The van der Waals surface area contributed by atoms with Crippen molar-refractivity contribution in [3.05, 3.63) is 40.3 Å². The van der Waals surface area contributed by atoms with Gasteiger partial charge in [-0.3, -0.25) is 9.59 Å². The minimum atomic E-state index is -1.08. The number of ether oxygens (including phenoxy) is 1. The SMILES string of the molecule is Cn1nc(CC(=O)NC(C(=O)O)C2CCCOC2)c2ccccc2c1=O. The molecule has 8 heteroatoms. The van der Waals surface area contributed by atoms with E-state index in [1.54, 1.807) is 24.3 Å². The Bertz CT molecular complexity index is 886. The van der Waals surface area contributed by atoms with Crippen LogP contribution in [0, 0.1) is 5.92 Å². The average molecular weight is 359 g/mol. The Morgan fingerprint density at radius 1 is 1.38 bits per heavy atom. The topological polar surface area (TPSA) is 111 Å². The van der Waals surface area contributed by atoms with Crippen molar-refractivity contribution in [3.8, 4) is 0 Å². The molecule has 1 aliphatic rings. The molecule has 1 aromatic heterocycles. The van der Waals surface area contributed by atoms with Crippen LogP contribution in [0.15, 0.2) is 29.1 Å². The van der Waals surface area contributed by atoms with Crippen molar-refractivity contribution in [1.29, 1.82) is 0 Å². The summed E-state index contributed by atoms with van der Waals surface area (Å²) in [5.74, 6) is -1.78. The zero-order chi connectivity index (χ0) is 18.7. The normalized spacial score (nSPS) is 18.4. The van der Waals surface area contributed by atoms with Crippen LogP contribution in [0.2, 0.25) is 0 Å². The van der Waals surface area contributed by atoms with Gasteiger partial charge in [0.2, 0.25) is 5.91 Å². The van der Waals surface area contributed by atoms with Crippen molar-refractivity contribution < 1.29 is 19.4 Å². The Labute approximate surface area is 149 Å². The number of carbonyl (C=O) groups is 2. The monoisotopic (exact) mass is 359 g/mol. The Kier molecular flexibility index (Phi) is 5.32. The van der Waals surface area contributed by atoms with E-state index in [1.807, 2.05) is 0 Å². The predicted octanol–water partition coefficient (Wildman–Crippen LogP) is 0.472. The highest BCUT2D eigenvalue weighted by molar-refractivity contribution is 5.90. The number of rotatable bonds is 5. The van der Waals surface area contributed by atoms with Gasteiger partial charge in [-0.1, -0.05) is 18.2 Å². The smallest absolute Gasteiger partial charge is 0.326 e. The van der Waals surface area contributed by atoms with Gasteiger partial charge in [0.05, 0.1) is 24.1 Å². The van der Waals surface area contributed by atoms with Gasteiger partial charge in [0, 0.05) is 25.0 Å². The third-order valence-electron chi connectivity index (χ3n) is 4.61. The molecular formula is C18H21N3O5. The van der Waals surface area contributed by atoms with Crippen molar-refractivity contribution in [3.63, 3.8) is 0 Å². The first-order valence-electron chi connectivity index (χ1n) is 8.52. The number of nitrogens with zero attached hydrogens (tertiary/aromatic N) is 2. The molecule has 3 rings (SSSR count). The number of aromatic nitrogens is 2. The number of carboxylic acids is 1.